The standard InChI is InChI=1S/C13H27ClN2O/c1-5-13(4,10-14)15-8-12-9-16(11(2)3)6-7-17-12/h11-12,15H,5-10H2,1-4H3. The van der Waals surface area contributed by atoms with Gasteiger partial charge in [0.25, 0.3) is 0 Å². The van der Waals surface area contributed by atoms with Crippen molar-refractivity contribution >= 4 is 11.6 Å². The topological polar surface area (TPSA) is 24.5 Å². The molecule has 2 unspecified atom stereocenters. The van der Waals surface area contributed by atoms with Gasteiger partial charge in [-0.15, -0.1) is 11.6 Å². The highest BCUT2D eigenvalue weighted by Gasteiger charge is 2.25. The summed E-state index contributed by atoms with van der Waals surface area (Å²) < 4.78 is 5.80. The van der Waals surface area contributed by atoms with E-state index in [1.807, 2.05) is 0 Å². The maximum Gasteiger partial charge on any atom is 0.0827 e. The first-order valence-electron chi connectivity index (χ1n) is 6.67. The van der Waals surface area contributed by atoms with Crippen LogP contribution in [-0.2, 0) is 4.74 Å². The fourth-order valence-corrected chi connectivity index (χ4v) is 2.25. The molecule has 1 heterocycles. The first kappa shape index (κ1) is 15.2. The Morgan fingerprint density at radius 3 is 2.76 bits per heavy atom. The Morgan fingerprint density at radius 2 is 2.24 bits per heavy atom. The molecule has 2 atom stereocenters. The molecule has 1 rings (SSSR count). The lowest BCUT2D eigenvalue weighted by Crippen LogP contribution is -2.53. The molecule has 17 heavy (non-hydrogen) atoms. The highest BCUT2D eigenvalue weighted by molar-refractivity contribution is 6.18. The minimum absolute atomic E-state index is 0.0328. The van der Waals surface area contributed by atoms with Crippen LogP contribution in [0.25, 0.3) is 0 Å². The van der Waals surface area contributed by atoms with Gasteiger partial charge in [-0.2, -0.15) is 0 Å². The smallest absolute Gasteiger partial charge is 0.0827 e. The molecule has 0 radical (unpaired) electrons. The fourth-order valence-electron chi connectivity index (χ4n) is 1.96. The summed E-state index contributed by atoms with van der Waals surface area (Å²) in [5.74, 6) is 0.643. The molecule has 0 aliphatic carbocycles. The van der Waals surface area contributed by atoms with Crippen LogP contribution in [0.2, 0.25) is 0 Å². The van der Waals surface area contributed by atoms with Crippen molar-refractivity contribution in [2.75, 3.05) is 32.1 Å². The van der Waals surface area contributed by atoms with Crippen LogP contribution in [0.1, 0.15) is 34.1 Å². The molecule has 0 amide bonds. The molecule has 0 aromatic rings. The van der Waals surface area contributed by atoms with Gasteiger partial charge in [0.2, 0.25) is 0 Å². The minimum Gasteiger partial charge on any atom is -0.374 e. The Labute approximate surface area is 111 Å². The molecule has 102 valence electrons. The first-order valence-corrected chi connectivity index (χ1v) is 7.21. The molecular formula is C13H27ClN2O. The van der Waals surface area contributed by atoms with Gasteiger partial charge in [-0.3, -0.25) is 4.90 Å². The van der Waals surface area contributed by atoms with Gasteiger partial charge in [-0.25, -0.2) is 0 Å². The summed E-state index contributed by atoms with van der Waals surface area (Å²) in [6.07, 6.45) is 1.33. The van der Waals surface area contributed by atoms with E-state index >= 15 is 0 Å². The zero-order valence-corrected chi connectivity index (χ0v) is 12.4. The number of nitrogens with one attached hydrogen (secondary N) is 1. The van der Waals surface area contributed by atoms with Gasteiger partial charge in [-0.05, 0) is 27.2 Å². The molecule has 1 N–H and O–H groups in total. The molecule has 0 spiro atoms. The van der Waals surface area contributed by atoms with Gasteiger partial charge in [0, 0.05) is 37.1 Å². The Balaban J connectivity index is 2.36. The van der Waals surface area contributed by atoms with Crippen LogP contribution in [0.3, 0.4) is 0 Å². The molecule has 4 heteroatoms. The van der Waals surface area contributed by atoms with Crippen molar-refractivity contribution in [3.63, 3.8) is 0 Å². The lowest BCUT2D eigenvalue weighted by atomic mass is 10.0. The Morgan fingerprint density at radius 1 is 1.53 bits per heavy atom. The molecule has 0 aromatic carbocycles. The predicted molar refractivity (Wildman–Crippen MR) is 73.9 cm³/mol. The number of hydrogen-bond acceptors (Lipinski definition) is 3. The maximum atomic E-state index is 5.99. The van der Waals surface area contributed by atoms with Crippen molar-refractivity contribution in [1.82, 2.24) is 10.2 Å². The van der Waals surface area contributed by atoms with Crippen molar-refractivity contribution in [2.45, 2.75) is 51.8 Å². The summed E-state index contributed by atoms with van der Waals surface area (Å²) in [7, 11) is 0. The van der Waals surface area contributed by atoms with E-state index < -0.39 is 0 Å². The van der Waals surface area contributed by atoms with Gasteiger partial charge in [0.05, 0.1) is 12.7 Å². The summed E-state index contributed by atoms with van der Waals surface area (Å²) in [4.78, 5) is 2.47. The van der Waals surface area contributed by atoms with Gasteiger partial charge in [0.1, 0.15) is 0 Å². The van der Waals surface area contributed by atoms with Crippen molar-refractivity contribution in [1.29, 1.82) is 0 Å². The Hall–Kier alpha value is 0.170. The molecule has 1 aliphatic rings. The fraction of sp³-hybridized carbons (Fsp3) is 1.00. The summed E-state index contributed by atoms with van der Waals surface area (Å²) >= 11 is 5.99. The van der Waals surface area contributed by atoms with Crippen molar-refractivity contribution in [3.05, 3.63) is 0 Å². The van der Waals surface area contributed by atoms with E-state index in [9.17, 15) is 0 Å². The Kier molecular flexibility index (Phi) is 6.21. The summed E-state index contributed by atoms with van der Waals surface area (Å²) in [6.45, 7) is 12.6. The third kappa shape index (κ3) is 4.74. The third-order valence-electron chi connectivity index (χ3n) is 3.73. The largest absolute Gasteiger partial charge is 0.374 e. The predicted octanol–water partition coefficient (Wildman–Crippen LogP) is 2.09. The van der Waals surface area contributed by atoms with Crippen LogP contribution in [0.4, 0.5) is 0 Å². The summed E-state index contributed by atoms with van der Waals surface area (Å²) in [5.41, 5.74) is 0.0328. The average Bonchev–Trinajstić information content (AvgIpc) is 2.36. The van der Waals surface area contributed by atoms with Crippen molar-refractivity contribution in [3.8, 4) is 0 Å². The number of alkyl halides is 1. The van der Waals surface area contributed by atoms with Gasteiger partial charge >= 0.3 is 0 Å². The normalized spacial score (nSPS) is 26.1. The van der Waals surface area contributed by atoms with E-state index in [2.05, 4.69) is 37.9 Å². The second kappa shape index (κ2) is 6.93. The van der Waals surface area contributed by atoms with Crippen LogP contribution in [0.5, 0.6) is 0 Å². The zero-order chi connectivity index (χ0) is 12.9. The maximum absolute atomic E-state index is 5.99. The third-order valence-corrected chi connectivity index (χ3v) is 4.32. The molecule has 1 aliphatic heterocycles. The molecule has 1 saturated heterocycles. The van der Waals surface area contributed by atoms with E-state index in [4.69, 9.17) is 16.3 Å². The highest BCUT2D eigenvalue weighted by Crippen LogP contribution is 2.13. The number of nitrogens with zero attached hydrogens (tertiary/aromatic N) is 1. The SMILES string of the molecule is CCC(C)(CCl)NCC1CN(C(C)C)CCO1. The number of ether oxygens (including phenoxy) is 1. The first-order chi connectivity index (χ1) is 8.00. The monoisotopic (exact) mass is 262 g/mol. The molecule has 0 aromatic heterocycles. The van der Waals surface area contributed by atoms with E-state index in [0.717, 1.165) is 32.7 Å². The molecule has 0 bridgehead atoms. The van der Waals surface area contributed by atoms with Crippen molar-refractivity contribution in [2.24, 2.45) is 0 Å². The van der Waals surface area contributed by atoms with E-state index in [0.29, 0.717) is 18.0 Å². The van der Waals surface area contributed by atoms with Crippen LogP contribution in [0.15, 0.2) is 0 Å². The second-order valence-electron chi connectivity index (χ2n) is 5.51. The summed E-state index contributed by atoms with van der Waals surface area (Å²) in [6, 6.07) is 0.604. The summed E-state index contributed by atoms with van der Waals surface area (Å²) in [5, 5.41) is 3.54. The number of rotatable bonds is 6. The average molecular weight is 263 g/mol. The second-order valence-corrected chi connectivity index (χ2v) is 5.78. The Bertz CT molecular complexity index is 219. The van der Waals surface area contributed by atoms with E-state index in [1.165, 1.54) is 0 Å². The van der Waals surface area contributed by atoms with Crippen LogP contribution in [-0.4, -0.2) is 54.7 Å². The lowest BCUT2D eigenvalue weighted by Gasteiger charge is -2.37. The minimum atomic E-state index is 0.0328. The van der Waals surface area contributed by atoms with Gasteiger partial charge in [0.15, 0.2) is 0 Å². The number of hydrogen-bond donors (Lipinski definition) is 1. The number of halogens is 1. The van der Waals surface area contributed by atoms with Crippen LogP contribution < -0.4 is 5.32 Å². The lowest BCUT2D eigenvalue weighted by molar-refractivity contribution is -0.0395. The van der Waals surface area contributed by atoms with Crippen LogP contribution in [0, 0.1) is 0 Å². The molecule has 1 fully saturated rings. The quantitative estimate of drug-likeness (QED) is 0.742. The van der Waals surface area contributed by atoms with Gasteiger partial charge < -0.3 is 10.1 Å². The van der Waals surface area contributed by atoms with E-state index in [1.54, 1.807) is 0 Å². The van der Waals surface area contributed by atoms with E-state index in [-0.39, 0.29) is 5.54 Å². The van der Waals surface area contributed by atoms with Gasteiger partial charge in [-0.1, -0.05) is 6.92 Å². The highest BCUT2D eigenvalue weighted by atomic mass is 35.5. The van der Waals surface area contributed by atoms with Crippen molar-refractivity contribution < 1.29 is 4.74 Å². The number of morpholine rings is 1. The molecule has 0 saturated carbocycles. The van der Waals surface area contributed by atoms with Crippen LogP contribution >= 0.6 is 11.6 Å². The zero-order valence-electron chi connectivity index (χ0n) is 11.6. The molecular weight excluding hydrogens is 236 g/mol. The molecule has 3 nitrogen and oxygen atoms in total.